The van der Waals surface area contributed by atoms with E-state index in [1.807, 2.05) is 0 Å². The van der Waals surface area contributed by atoms with E-state index in [-0.39, 0.29) is 11.4 Å². The van der Waals surface area contributed by atoms with E-state index in [4.69, 9.17) is 0 Å². The molecule has 1 aromatic carbocycles. The van der Waals surface area contributed by atoms with Crippen molar-refractivity contribution in [3.8, 4) is 5.88 Å². The van der Waals surface area contributed by atoms with Crippen molar-refractivity contribution >= 4 is 28.6 Å². The summed E-state index contributed by atoms with van der Waals surface area (Å²) in [7, 11) is 1.74. The lowest BCUT2D eigenvalue weighted by molar-refractivity contribution is -0.0528. The molecular weight excluding hydrogens is 439 g/mol. The Morgan fingerprint density at radius 1 is 1.12 bits per heavy atom. The molecule has 3 heterocycles. The Kier molecular flexibility index (Phi) is 6.07. The molecule has 1 amide bonds. The highest BCUT2D eigenvalue weighted by Crippen LogP contribution is 2.25. The van der Waals surface area contributed by atoms with E-state index in [1.54, 1.807) is 24.9 Å². The standard InChI is InChI=1S/C21H18F3N7O2/c1-11(28-17-10-25-16-9-27-31(2)19(16)30-17)14-7-13(4-5-15(14)22)29-20(32)12-3-6-18(26-8-12)33-21(23)24/h3-11,21H,1-2H3,(H,28,30)(H,29,32)/t11-/m0/s1. The first-order chi connectivity index (χ1) is 15.8. The van der Waals surface area contributed by atoms with Crippen LogP contribution in [0.25, 0.3) is 11.2 Å². The van der Waals surface area contributed by atoms with E-state index in [0.29, 0.717) is 28.2 Å². The summed E-state index contributed by atoms with van der Waals surface area (Å²) in [5, 5.41) is 9.81. The van der Waals surface area contributed by atoms with E-state index in [2.05, 4.69) is 35.4 Å². The molecule has 4 rings (SSSR count). The maximum atomic E-state index is 14.5. The molecule has 0 bridgehead atoms. The average Bonchev–Trinajstić information content (AvgIpc) is 3.15. The van der Waals surface area contributed by atoms with Crippen LogP contribution < -0.4 is 15.4 Å². The van der Waals surface area contributed by atoms with E-state index < -0.39 is 24.4 Å². The van der Waals surface area contributed by atoms with E-state index in [9.17, 15) is 18.0 Å². The number of nitrogens with zero attached hydrogens (tertiary/aromatic N) is 5. The smallest absolute Gasteiger partial charge is 0.388 e. The Hall–Kier alpha value is -4.22. The van der Waals surface area contributed by atoms with Crippen LogP contribution in [0.2, 0.25) is 0 Å². The first kappa shape index (κ1) is 22.0. The number of aromatic nitrogens is 5. The number of benzene rings is 1. The number of pyridine rings is 1. The van der Waals surface area contributed by atoms with E-state index in [0.717, 1.165) is 12.3 Å². The first-order valence-corrected chi connectivity index (χ1v) is 9.73. The summed E-state index contributed by atoms with van der Waals surface area (Å²) in [5.74, 6) is -0.892. The number of amides is 1. The number of halogens is 3. The molecule has 33 heavy (non-hydrogen) atoms. The fraction of sp³-hybridized carbons (Fsp3) is 0.190. The molecule has 12 heteroatoms. The van der Waals surface area contributed by atoms with Gasteiger partial charge >= 0.3 is 6.61 Å². The summed E-state index contributed by atoms with van der Waals surface area (Å²) < 4.78 is 44.7. The molecule has 0 aliphatic heterocycles. The molecule has 170 valence electrons. The van der Waals surface area contributed by atoms with Crippen molar-refractivity contribution in [3.05, 3.63) is 65.9 Å². The van der Waals surface area contributed by atoms with Gasteiger partial charge in [-0.2, -0.15) is 13.9 Å². The number of alkyl halides is 2. The Balaban J connectivity index is 1.48. The molecule has 9 nitrogen and oxygen atoms in total. The molecule has 0 saturated carbocycles. The highest BCUT2D eigenvalue weighted by molar-refractivity contribution is 6.04. The third kappa shape index (κ3) is 5.00. The second-order valence-electron chi connectivity index (χ2n) is 7.05. The van der Waals surface area contributed by atoms with Crippen LogP contribution in [0, 0.1) is 5.82 Å². The molecule has 2 N–H and O–H groups in total. The van der Waals surface area contributed by atoms with Crippen LogP contribution in [0.3, 0.4) is 0 Å². The van der Waals surface area contributed by atoms with Crippen LogP contribution in [0.1, 0.15) is 28.9 Å². The normalized spacial score (nSPS) is 12.1. The molecule has 3 aromatic heterocycles. The molecular formula is C21H18F3N7O2. The summed E-state index contributed by atoms with van der Waals surface area (Å²) in [5.41, 5.74) is 1.96. The van der Waals surface area contributed by atoms with Gasteiger partial charge in [-0.3, -0.25) is 4.79 Å². The number of hydrogen-bond acceptors (Lipinski definition) is 7. The molecule has 0 aliphatic carbocycles. The van der Waals surface area contributed by atoms with Gasteiger partial charge in [0, 0.05) is 30.6 Å². The van der Waals surface area contributed by atoms with Gasteiger partial charge in [0.2, 0.25) is 5.88 Å². The number of carbonyl (C=O) groups is 1. The summed E-state index contributed by atoms with van der Waals surface area (Å²) >= 11 is 0. The maximum absolute atomic E-state index is 14.5. The van der Waals surface area contributed by atoms with Gasteiger partial charge in [-0.15, -0.1) is 0 Å². The zero-order valence-corrected chi connectivity index (χ0v) is 17.5. The molecule has 0 aliphatic rings. The van der Waals surface area contributed by atoms with E-state index >= 15 is 0 Å². The fourth-order valence-electron chi connectivity index (χ4n) is 3.12. The largest absolute Gasteiger partial charge is 0.417 e. The average molecular weight is 457 g/mol. The Bertz CT molecular complexity index is 1300. The molecule has 0 spiro atoms. The van der Waals surface area contributed by atoms with Gasteiger partial charge in [-0.1, -0.05) is 0 Å². The predicted octanol–water partition coefficient (Wildman–Crippen LogP) is 3.92. The second-order valence-corrected chi connectivity index (χ2v) is 7.05. The summed E-state index contributed by atoms with van der Waals surface area (Å²) in [4.78, 5) is 24.8. The Labute approximate surface area is 185 Å². The SMILES string of the molecule is C[C@H](Nc1cnc2cnn(C)c2n1)c1cc(NC(=O)c2ccc(OC(F)F)nc2)ccc1F. The number of aryl methyl sites for hydroxylation is 1. The molecule has 1 atom stereocenters. The lowest BCUT2D eigenvalue weighted by Crippen LogP contribution is -2.14. The number of nitrogens with one attached hydrogen (secondary N) is 2. The minimum absolute atomic E-state index is 0.119. The zero-order chi connectivity index (χ0) is 23.5. The van der Waals surface area contributed by atoms with Crippen LogP contribution in [-0.2, 0) is 7.05 Å². The van der Waals surface area contributed by atoms with Crippen molar-refractivity contribution in [1.29, 1.82) is 0 Å². The third-order valence-corrected chi connectivity index (χ3v) is 4.73. The number of ether oxygens (including phenoxy) is 1. The van der Waals surface area contributed by atoms with Crippen molar-refractivity contribution in [1.82, 2.24) is 24.7 Å². The molecule has 0 saturated heterocycles. The topological polar surface area (TPSA) is 107 Å². The van der Waals surface area contributed by atoms with Crippen molar-refractivity contribution in [2.75, 3.05) is 10.6 Å². The summed E-state index contributed by atoms with van der Waals surface area (Å²) in [6, 6.07) is 6.08. The summed E-state index contributed by atoms with van der Waals surface area (Å²) in [6.45, 7) is -1.27. The second kappa shape index (κ2) is 9.10. The molecule has 0 fully saturated rings. The van der Waals surface area contributed by atoms with Gasteiger partial charge in [0.15, 0.2) is 5.65 Å². The van der Waals surface area contributed by atoms with Gasteiger partial charge in [0.1, 0.15) is 17.2 Å². The maximum Gasteiger partial charge on any atom is 0.388 e. The zero-order valence-electron chi connectivity index (χ0n) is 17.5. The summed E-state index contributed by atoms with van der Waals surface area (Å²) in [6.07, 6.45) is 4.23. The highest BCUT2D eigenvalue weighted by atomic mass is 19.3. The van der Waals surface area contributed by atoms with Crippen LogP contribution >= 0.6 is 0 Å². The van der Waals surface area contributed by atoms with E-state index in [1.165, 1.54) is 30.5 Å². The van der Waals surface area contributed by atoms with Crippen LogP contribution in [0.15, 0.2) is 48.9 Å². The van der Waals surface area contributed by atoms with Crippen molar-refractivity contribution < 1.29 is 22.7 Å². The van der Waals surface area contributed by atoms with Gasteiger partial charge in [0.25, 0.3) is 5.91 Å². The third-order valence-electron chi connectivity index (χ3n) is 4.73. The van der Waals surface area contributed by atoms with Crippen molar-refractivity contribution in [3.63, 3.8) is 0 Å². The Morgan fingerprint density at radius 2 is 1.94 bits per heavy atom. The molecule has 0 radical (unpaired) electrons. The van der Waals surface area contributed by atoms with Gasteiger partial charge in [-0.25, -0.2) is 24.0 Å². The number of hydrogen-bond donors (Lipinski definition) is 2. The van der Waals surface area contributed by atoms with Crippen molar-refractivity contribution in [2.45, 2.75) is 19.6 Å². The van der Waals surface area contributed by atoms with Crippen LogP contribution in [0.4, 0.5) is 24.7 Å². The number of carbonyl (C=O) groups excluding carboxylic acids is 1. The lowest BCUT2D eigenvalue weighted by Gasteiger charge is -2.17. The first-order valence-electron chi connectivity index (χ1n) is 9.73. The van der Waals surface area contributed by atoms with Gasteiger partial charge < -0.3 is 15.4 Å². The number of anilines is 2. The number of rotatable bonds is 7. The number of fused-ring (bicyclic) bond motifs is 1. The van der Waals surface area contributed by atoms with Crippen LogP contribution in [0.5, 0.6) is 5.88 Å². The van der Waals surface area contributed by atoms with Crippen molar-refractivity contribution in [2.24, 2.45) is 7.05 Å². The molecule has 0 unspecified atom stereocenters. The quantitative estimate of drug-likeness (QED) is 0.433. The van der Waals surface area contributed by atoms with Gasteiger partial charge in [-0.05, 0) is 31.2 Å². The monoisotopic (exact) mass is 457 g/mol. The lowest BCUT2D eigenvalue weighted by atomic mass is 10.1. The predicted molar refractivity (Wildman–Crippen MR) is 114 cm³/mol. The minimum Gasteiger partial charge on any atom is -0.417 e. The fourth-order valence-corrected chi connectivity index (χ4v) is 3.12. The minimum atomic E-state index is -3.01. The van der Waals surface area contributed by atoms with Crippen LogP contribution in [-0.4, -0.2) is 37.3 Å². The molecule has 4 aromatic rings. The highest BCUT2D eigenvalue weighted by Gasteiger charge is 2.15. The van der Waals surface area contributed by atoms with Gasteiger partial charge in [0.05, 0.1) is 24.0 Å². The Morgan fingerprint density at radius 3 is 2.67 bits per heavy atom.